The Bertz CT molecular complexity index is 1320. The van der Waals surface area contributed by atoms with Crippen molar-refractivity contribution in [3.05, 3.63) is 89.5 Å². The second-order valence-electron chi connectivity index (χ2n) is 8.33. The molecular formula is C27H27F3N2O4S. The van der Waals surface area contributed by atoms with Gasteiger partial charge in [0.1, 0.15) is 0 Å². The summed E-state index contributed by atoms with van der Waals surface area (Å²) in [5.74, 6) is -0.673. The molecule has 0 spiro atoms. The molecule has 0 saturated carbocycles. The van der Waals surface area contributed by atoms with Crippen LogP contribution in [0.4, 0.5) is 13.2 Å². The van der Waals surface area contributed by atoms with E-state index in [1.165, 1.54) is 36.4 Å². The number of nitrogens with one attached hydrogen (secondary N) is 1. The zero-order chi connectivity index (χ0) is 26.9. The van der Waals surface area contributed by atoms with Crippen LogP contribution >= 0.6 is 0 Å². The molecule has 0 bridgehead atoms. The molecule has 0 saturated heterocycles. The maximum absolute atomic E-state index is 13.7. The zero-order valence-corrected chi connectivity index (χ0v) is 21.0. The maximum atomic E-state index is 13.7. The van der Waals surface area contributed by atoms with Gasteiger partial charge >= 0.3 is 6.18 Å². The average Bonchev–Trinajstić information content (AvgIpc) is 2.87. The standard InChI is InChI=1S/C27H27F3N2O4S/c1-2-3-4-8-17-37(34,35)32-26(33)22-12-14-23(15-13-22)36-31-19-20-11-16-24(21-9-6-5-7-10-21)25(18-20)27(28,29)30/h5-7,9-16,18-19H,2-4,8,17H2,1H3,(H,32,33)/b31-19+. The molecule has 3 aromatic rings. The SMILES string of the molecule is CCCCCCS(=O)(=O)NC(=O)c1ccc(O/N=C/c2ccc(-c3ccccc3)c(C(F)(F)F)c2)cc1. The molecule has 0 fully saturated rings. The monoisotopic (exact) mass is 532 g/mol. The Morgan fingerprint density at radius 2 is 1.68 bits per heavy atom. The first kappa shape index (κ1) is 27.9. The Kier molecular flexibility index (Phi) is 9.46. The molecule has 1 amide bonds. The molecule has 0 aliphatic heterocycles. The second kappa shape index (κ2) is 12.5. The van der Waals surface area contributed by atoms with Gasteiger partial charge in [-0.3, -0.25) is 4.79 Å². The normalized spacial score (nSPS) is 12.0. The van der Waals surface area contributed by atoms with E-state index in [0.29, 0.717) is 12.0 Å². The highest BCUT2D eigenvalue weighted by molar-refractivity contribution is 7.90. The van der Waals surface area contributed by atoms with Crippen molar-refractivity contribution in [2.75, 3.05) is 5.75 Å². The maximum Gasteiger partial charge on any atom is 0.417 e. The number of nitrogens with zero attached hydrogens (tertiary/aromatic N) is 1. The van der Waals surface area contributed by atoms with Crippen LogP contribution in [0.3, 0.4) is 0 Å². The van der Waals surface area contributed by atoms with Gasteiger partial charge in [-0.25, -0.2) is 13.1 Å². The topological polar surface area (TPSA) is 84.8 Å². The number of unbranched alkanes of at least 4 members (excludes halogenated alkanes) is 3. The lowest BCUT2D eigenvalue weighted by atomic mass is 9.97. The predicted molar refractivity (Wildman–Crippen MR) is 137 cm³/mol. The van der Waals surface area contributed by atoms with Gasteiger partial charge in [-0.05, 0) is 53.4 Å². The van der Waals surface area contributed by atoms with E-state index in [-0.39, 0.29) is 28.2 Å². The van der Waals surface area contributed by atoms with Crippen molar-refractivity contribution in [2.24, 2.45) is 5.16 Å². The molecule has 196 valence electrons. The first-order valence-corrected chi connectivity index (χ1v) is 13.4. The predicted octanol–water partition coefficient (Wildman–Crippen LogP) is 6.43. The van der Waals surface area contributed by atoms with E-state index >= 15 is 0 Å². The Morgan fingerprint density at radius 3 is 2.32 bits per heavy atom. The molecule has 0 heterocycles. The number of hydrogen-bond donors (Lipinski definition) is 1. The third-order valence-corrected chi connectivity index (χ3v) is 6.75. The van der Waals surface area contributed by atoms with Crippen LogP contribution in [0.1, 0.15) is 54.1 Å². The summed E-state index contributed by atoms with van der Waals surface area (Å²) in [5, 5.41) is 3.73. The van der Waals surface area contributed by atoms with Crippen LogP contribution in [-0.2, 0) is 16.2 Å². The number of hydrogen-bond acceptors (Lipinski definition) is 5. The smallest absolute Gasteiger partial charge is 0.357 e. The van der Waals surface area contributed by atoms with E-state index in [1.54, 1.807) is 30.3 Å². The van der Waals surface area contributed by atoms with E-state index in [9.17, 15) is 26.4 Å². The Morgan fingerprint density at radius 1 is 0.973 bits per heavy atom. The summed E-state index contributed by atoms with van der Waals surface area (Å²) in [5.41, 5.74) is 0.0104. The lowest BCUT2D eigenvalue weighted by Gasteiger charge is -2.13. The van der Waals surface area contributed by atoms with E-state index in [0.717, 1.165) is 31.5 Å². The highest BCUT2D eigenvalue weighted by Crippen LogP contribution is 2.37. The number of oxime groups is 1. The van der Waals surface area contributed by atoms with Crippen LogP contribution in [0.15, 0.2) is 78.0 Å². The summed E-state index contributed by atoms with van der Waals surface area (Å²) in [7, 11) is -3.73. The number of carbonyl (C=O) groups is 1. The highest BCUT2D eigenvalue weighted by atomic mass is 32.2. The van der Waals surface area contributed by atoms with Crippen LogP contribution in [0.25, 0.3) is 11.1 Å². The molecule has 0 aromatic heterocycles. The quantitative estimate of drug-likeness (QED) is 0.175. The molecule has 10 heteroatoms. The average molecular weight is 533 g/mol. The lowest BCUT2D eigenvalue weighted by molar-refractivity contribution is -0.137. The molecule has 6 nitrogen and oxygen atoms in total. The summed E-state index contributed by atoms with van der Waals surface area (Å²) < 4.78 is 67.1. The van der Waals surface area contributed by atoms with Crippen molar-refractivity contribution in [2.45, 2.75) is 38.8 Å². The van der Waals surface area contributed by atoms with Crippen LogP contribution < -0.4 is 9.56 Å². The van der Waals surface area contributed by atoms with Gasteiger partial charge in [0.05, 0.1) is 17.5 Å². The number of alkyl halides is 3. The first-order chi connectivity index (χ1) is 17.6. The molecule has 0 atom stereocenters. The molecule has 0 unspecified atom stereocenters. The number of benzene rings is 3. The largest absolute Gasteiger partial charge is 0.417 e. The van der Waals surface area contributed by atoms with E-state index < -0.39 is 27.7 Å². The van der Waals surface area contributed by atoms with Crippen molar-refractivity contribution in [3.8, 4) is 16.9 Å². The minimum Gasteiger partial charge on any atom is -0.357 e. The molecule has 1 N–H and O–H groups in total. The van der Waals surface area contributed by atoms with Gasteiger partial charge in [0, 0.05) is 5.56 Å². The van der Waals surface area contributed by atoms with Crippen LogP contribution in [-0.4, -0.2) is 26.3 Å². The second-order valence-corrected chi connectivity index (χ2v) is 10.2. The Hall–Kier alpha value is -3.66. The summed E-state index contributed by atoms with van der Waals surface area (Å²) in [6.07, 6.45) is -0.269. The van der Waals surface area contributed by atoms with Crippen molar-refractivity contribution in [1.82, 2.24) is 4.72 Å². The third-order valence-electron chi connectivity index (χ3n) is 5.43. The molecular weight excluding hydrogens is 505 g/mol. The molecule has 3 aromatic carbocycles. The minimum absolute atomic E-state index is 0.0583. The van der Waals surface area contributed by atoms with Crippen molar-refractivity contribution in [1.29, 1.82) is 0 Å². The van der Waals surface area contributed by atoms with E-state index in [4.69, 9.17) is 4.84 Å². The van der Waals surface area contributed by atoms with Crippen molar-refractivity contribution < 1.29 is 31.2 Å². The van der Waals surface area contributed by atoms with Gasteiger partial charge in [0.25, 0.3) is 5.91 Å². The molecule has 37 heavy (non-hydrogen) atoms. The number of amides is 1. The highest BCUT2D eigenvalue weighted by Gasteiger charge is 2.33. The van der Waals surface area contributed by atoms with Gasteiger partial charge in [0.15, 0.2) is 5.75 Å². The molecule has 0 aliphatic rings. The minimum atomic E-state index is -4.56. The van der Waals surface area contributed by atoms with Crippen LogP contribution in [0.2, 0.25) is 0 Å². The first-order valence-electron chi connectivity index (χ1n) is 11.7. The summed E-state index contributed by atoms with van der Waals surface area (Å²) in [4.78, 5) is 17.5. The summed E-state index contributed by atoms with van der Waals surface area (Å²) in [6.45, 7) is 2.02. The lowest BCUT2D eigenvalue weighted by Crippen LogP contribution is -2.32. The zero-order valence-electron chi connectivity index (χ0n) is 20.2. The summed E-state index contributed by atoms with van der Waals surface area (Å²) in [6, 6.07) is 17.7. The fourth-order valence-electron chi connectivity index (χ4n) is 3.53. The van der Waals surface area contributed by atoms with Crippen LogP contribution in [0, 0.1) is 0 Å². The fraction of sp³-hybridized carbons (Fsp3) is 0.259. The van der Waals surface area contributed by atoms with Gasteiger partial charge in [-0.15, -0.1) is 0 Å². The number of rotatable bonds is 11. The van der Waals surface area contributed by atoms with Gasteiger partial charge in [0.2, 0.25) is 10.0 Å². The molecule has 0 radical (unpaired) electrons. The van der Waals surface area contributed by atoms with Gasteiger partial charge < -0.3 is 4.84 Å². The Balaban J connectivity index is 1.63. The van der Waals surface area contributed by atoms with Crippen molar-refractivity contribution in [3.63, 3.8) is 0 Å². The van der Waals surface area contributed by atoms with Gasteiger partial charge in [-0.1, -0.05) is 73.8 Å². The van der Waals surface area contributed by atoms with Crippen molar-refractivity contribution >= 4 is 22.1 Å². The molecule has 3 rings (SSSR count). The van der Waals surface area contributed by atoms with E-state index in [2.05, 4.69) is 5.16 Å². The van der Waals surface area contributed by atoms with E-state index in [1.807, 2.05) is 11.6 Å². The van der Waals surface area contributed by atoms with Gasteiger partial charge in [-0.2, -0.15) is 13.2 Å². The number of sulfonamides is 1. The Labute approximate surface area is 214 Å². The third kappa shape index (κ3) is 8.45. The number of carbonyl (C=O) groups excluding carboxylic acids is 1. The fourth-order valence-corrected chi connectivity index (χ4v) is 4.62. The summed E-state index contributed by atoms with van der Waals surface area (Å²) >= 11 is 0. The molecule has 0 aliphatic carbocycles. The number of halogens is 3. The van der Waals surface area contributed by atoms with Crippen LogP contribution in [0.5, 0.6) is 5.75 Å².